The molecule has 6 heteroatoms. The van der Waals surface area contributed by atoms with Crippen molar-refractivity contribution in [1.29, 1.82) is 0 Å². The Balaban J connectivity index is 1.66. The van der Waals surface area contributed by atoms with Gasteiger partial charge in [0.2, 0.25) is 5.95 Å². The summed E-state index contributed by atoms with van der Waals surface area (Å²) in [6.07, 6.45) is 0. The fraction of sp³-hybridized carbons (Fsp3) is 0.286. The highest BCUT2D eigenvalue weighted by molar-refractivity contribution is 7.22. The number of benzene rings is 1. The molecule has 0 unspecified atom stereocenters. The quantitative estimate of drug-likeness (QED) is 0.757. The van der Waals surface area contributed by atoms with Crippen LogP contribution in [-0.4, -0.2) is 41.4 Å². The van der Waals surface area contributed by atoms with Crippen LogP contribution in [0.5, 0.6) is 0 Å². The smallest absolute Gasteiger partial charge is 0.245 e. The first-order chi connectivity index (χ1) is 9.90. The van der Waals surface area contributed by atoms with E-state index in [1.54, 1.807) is 11.3 Å². The Morgan fingerprint density at radius 2 is 2.00 bits per heavy atom. The van der Waals surface area contributed by atoms with Crippen LogP contribution in [0.3, 0.4) is 0 Å². The summed E-state index contributed by atoms with van der Waals surface area (Å²) in [7, 11) is 0. The predicted octanol–water partition coefficient (Wildman–Crippen LogP) is 2.10. The second kappa shape index (κ2) is 4.88. The van der Waals surface area contributed by atoms with Crippen molar-refractivity contribution in [3.63, 3.8) is 0 Å². The molecule has 3 aromatic rings. The number of fused-ring (bicyclic) bond motifs is 1. The average Bonchev–Trinajstić information content (AvgIpc) is 3.14. The monoisotopic (exact) mass is 285 g/mol. The van der Waals surface area contributed by atoms with Gasteiger partial charge in [-0.15, -0.1) is 16.4 Å². The number of thiophene rings is 1. The van der Waals surface area contributed by atoms with Crippen LogP contribution < -0.4 is 10.2 Å². The van der Waals surface area contributed by atoms with Crippen molar-refractivity contribution in [1.82, 2.24) is 20.5 Å². The van der Waals surface area contributed by atoms with Gasteiger partial charge in [-0.25, -0.2) is 0 Å². The van der Waals surface area contributed by atoms with E-state index in [0.717, 1.165) is 42.8 Å². The number of anilines is 1. The van der Waals surface area contributed by atoms with E-state index < -0.39 is 0 Å². The van der Waals surface area contributed by atoms with Gasteiger partial charge >= 0.3 is 0 Å². The molecule has 0 saturated carbocycles. The van der Waals surface area contributed by atoms with Gasteiger partial charge < -0.3 is 10.2 Å². The summed E-state index contributed by atoms with van der Waals surface area (Å²) in [4.78, 5) is 7.99. The standard InChI is InChI=1S/C14H15N5S/c1-2-4-11-10(3-1)9-12(20-11)13-16-14(18-17-13)19-7-5-15-6-8-19/h1-4,9,15H,5-8H2,(H,16,17,18). The maximum Gasteiger partial charge on any atom is 0.245 e. The van der Waals surface area contributed by atoms with E-state index in [0.29, 0.717) is 0 Å². The first-order valence-corrected chi connectivity index (χ1v) is 7.59. The van der Waals surface area contributed by atoms with Gasteiger partial charge in [-0.3, -0.25) is 5.10 Å². The van der Waals surface area contributed by atoms with E-state index in [2.05, 4.69) is 55.7 Å². The van der Waals surface area contributed by atoms with Crippen LogP contribution in [0.1, 0.15) is 0 Å². The lowest BCUT2D eigenvalue weighted by molar-refractivity contribution is 0.580. The molecule has 1 aliphatic heterocycles. The van der Waals surface area contributed by atoms with Crippen LogP contribution >= 0.6 is 11.3 Å². The number of rotatable bonds is 2. The Morgan fingerprint density at radius 1 is 1.15 bits per heavy atom. The predicted molar refractivity (Wildman–Crippen MR) is 82.3 cm³/mol. The number of piperazine rings is 1. The minimum absolute atomic E-state index is 0.805. The SMILES string of the molecule is c1ccc2sc(-c3nc(N4CCNCC4)n[nH]3)cc2c1. The largest absolute Gasteiger partial charge is 0.337 e. The molecule has 1 aromatic carbocycles. The number of nitrogens with one attached hydrogen (secondary N) is 2. The molecule has 0 amide bonds. The second-order valence-electron chi connectivity index (χ2n) is 4.87. The van der Waals surface area contributed by atoms with Crippen LogP contribution in [0.25, 0.3) is 20.8 Å². The van der Waals surface area contributed by atoms with E-state index in [4.69, 9.17) is 0 Å². The third kappa shape index (κ3) is 2.07. The van der Waals surface area contributed by atoms with Gasteiger partial charge in [0.15, 0.2) is 5.82 Å². The van der Waals surface area contributed by atoms with Gasteiger partial charge in [0.05, 0.1) is 4.88 Å². The van der Waals surface area contributed by atoms with E-state index in [1.807, 2.05) is 0 Å². The Bertz CT molecular complexity index is 693. The molecule has 2 aromatic heterocycles. The third-order valence-corrected chi connectivity index (χ3v) is 4.66. The van der Waals surface area contributed by atoms with Crippen LogP contribution in [0.15, 0.2) is 30.3 Å². The lowest BCUT2D eigenvalue weighted by Gasteiger charge is -2.25. The Hall–Kier alpha value is -1.92. The van der Waals surface area contributed by atoms with Gasteiger partial charge in [-0.2, -0.15) is 4.98 Å². The summed E-state index contributed by atoms with van der Waals surface area (Å²) in [5.41, 5.74) is 0. The number of H-pyrrole nitrogens is 1. The highest BCUT2D eigenvalue weighted by Gasteiger charge is 2.16. The number of aromatic nitrogens is 3. The molecule has 1 saturated heterocycles. The lowest BCUT2D eigenvalue weighted by atomic mass is 10.2. The van der Waals surface area contributed by atoms with Crippen molar-refractivity contribution in [2.24, 2.45) is 0 Å². The van der Waals surface area contributed by atoms with Crippen molar-refractivity contribution in [2.45, 2.75) is 0 Å². The molecular weight excluding hydrogens is 270 g/mol. The maximum absolute atomic E-state index is 4.64. The Kier molecular flexibility index (Phi) is 2.90. The topological polar surface area (TPSA) is 56.8 Å². The molecular formula is C14H15N5S. The summed E-state index contributed by atoms with van der Waals surface area (Å²) in [5.74, 6) is 1.67. The van der Waals surface area contributed by atoms with Gasteiger partial charge in [0, 0.05) is 30.9 Å². The average molecular weight is 285 g/mol. The summed E-state index contributed by atoms with van der Waals surface area (Å²) < 4.78 is 1.28. The van der Waals surface area contributed by atoms with Crippen LogP contribution in [-0.2, 0) is 0 Å². The minimum atomic E-state index is 0.805. The number of hydrogen-bond acceptors (Lipinski definition) is 5. The molecule has 0 spiro atoms. The maximum atomic E-state index is 4.64. The molecule has 1 aliphatic rings. The summed E-state index contributed by atoms with van der Waals surface area (Å²) in [6, 6.07) is 10.6. The molecule has 0 radical (unpaired) electrons. The van der Waals surface area contributed by atoms with Crippen LogP contribution in [0.4, 0.5) is 5.95 Å². The fourth-order valence-corrected chi connectivity index (χ4v) is 3.47. The summed E-state index contributed by atoms with van der Waals surface area (Å²) >= 11 is 1.75. The number of hydrogen-bond donors (Lipinski definition) is 2. The highest BCUT2D eigenvalue weighted by atomic mass is 32.1. The van der Waals surface area contributed by atoms with E-state index in [9.17, 15) is 0 Å². The zero-order valence-corrected chi connectivity index (χ0v) is 11.8. The van der Waals surface area contributed by atoms with E-state index >= 15 is 0 Å². The van der Waals surface area contributed by atoms with E-state index in [1.165, 1.54) is 10.1 Å². The molecule has 0 atom stereocenters. The molecule has 1 fully saturated rings. The number of nitrogens with zero attached hydrogens (tertiary/aromatic N) is 3. The second-order valence-corrected chi connectivity index (χ2v) is 5.95. The summed E-state index contributed by atoms with van der Waals surface area (Å²) in [6.45, 7) is 3.91. The van der Waals surface area contributed by atoms with Crippen LogP contribution in [0, 0.1) is 0 Å². The van der Waals surface area contributed by atoms with Crippen LogP contribution in [0.2, 0.25) is 0 Å². The molecule has 102 valence electrons. The lowest BCUT2D eigenvalue weighted by Crippen LogP contribution is -2.44. The van der Waals surface area contributed by atoms with Gasteiger partial charge in [-0.1, -0.05) is 18.2 Å². The van der Waals surface area contributed by atoms with E-state index in [-0.39, 0.29) is 0 Å². The summed E-state index contributed by atoms with van der Waals surface area (Å²) in [5, 5.41) is 12.0. The van der Waals surface area contributed by atoms with Crippen molar-refractivity contribution in [3.8, 4) is 10.7 Å². The molecule has 4 rings (SSSR count). The molecule has 0 aliphatic carbocycles. The normalized spacial score (nSPS) is 15.9. The third-order valence-electron chi connectivity index (χ3n) is 3.53. The Morgan fingerprint density at radius 3 is 2.85 bits per heavy atom. The molecule has 0 bridgehead atoms. The minimum Gasteiger partial charge on any atom is -0.337 e. The van der Waals surface area contributed by atoms with Crippen molar-refractivity contribution >= 4 is 27.4 Å². The molecule has 20 heavy (non-hydrogen) atoms. The zero-order chi connectivity index (χ0) is 13.4. The van der Waals surface area contributed by atoms with Gasteiger partial charge in [0.1, 0.15) is 0 Å². The Labute approximate surface area is 120 Å². The molecule has 5 nitrogen and oxygen atoms in total. The van der Waals surface area contributed by atoms with Crippen molar-refractivity contribution < 1.29 is 0 Å². The first kappa shape index (κ1) is 11.9. The highest BCUT2D eigenvalue weighted by Crippen LogP contribution is 2.31. The number of aromatic amines is 1. The fourth-order valence-electron chi connectivity index (χ4n) is 2.47. The van der Waals surface area contributed by atoms with Crippen molar-refractivity contribution in [2.75, 3.05) is 31.1 Å². The molecule has 2 N–H and O–H groups in total. The first-order valence-electron chi connectivity index (χ1n) is 6.77. The molecule has 3 heterocycles. The zero-order valence-electron chi connectivity index (χ0n) is 11.0. The van der Waals surface area contributed by atoms with Gasteiger partial charge in [-0.05, 0) is 17.5 Å². The van der Waals surface area contributed by atoms with Crippen molar-refractivity contribution in [3.05, 3.63) is 30.3 Å². The van der Waals surface area contributed by atoms with Gasteiger partial charge in [0.25, 0.3) is 0 Å².